The second-order valence-corrected chi connectivity index (χ2v) is 8.47. The Morgan fingerprint density at radius 3 is 2.66 bits per heavy atom. The van der Waals surface area contributed by atoms with Crippen molar-refractivity contribution in [1.82, 2.24) is 29.1 Å². The summed E-state index contributed by atoms with van der Waals surface area (Å²) >= 11 is 12.1. The van der Waals surface area contributed by atoms with Gasteiger partial charge in [0, 0.05) is 22.3 Å². The summed E-state index contributed by atoms with van der Waals surface area (Å²) in [5.41, 5.74) is 1.25. The van der Waals surface area contributed by atoms with Crippen molar-refractivity contribution in [3.05, 3.63) is 99.0 Å². The standard InChI is InChI=1S/C23H16Cl2FN7O2/c24-15-2-1-14(19(25)9-15)11-32-8-7-20(30-32)29-21(34)12-31-13-27-22-18(23(31)35)10-28-33(22)17-5-3-16(26)4-6-17/h1-10,13H,11-12H2,(H,29,30,34). The Balaban J connectivity index is 1.29. The predicted octanol–water partition coefficient (Wildman–Crippen LogP) is 3.91. The number of nitrogens with one attached hydrogen (secondary N) is 1. The van der Waals surface area contributed by atoms with E-state index in [2.05, 4.69) is 20.5 Å². The van der Waals surface area contributed by atoms with E-state index in [1.807, 2.05) is 0 Å². The second-order valence-electron chi connectivity index (χ2n) is 7.63. The van der Waals surface area contributed by atoms with Gasteiger partial charge in [0.25, 0.3) is 5.56 Å². The first-order valence-corrected chi connectivity index (χ1v) is 11.1. The van der Waals surface area contributed by atoms with E-state index in [0.717, 1.165) is 5.56 Å². The van der Waals surface area contributed by atoms with Gasteiger partial charge in [0.1, 0.15) is 24.1 Å². The Morgan fingerprint density at radius 2 is 1.89 bits per heavy atom. The Bertz CT molecular complexity index is 1610. The molecule has 35 heavy (non-hydrogen) atoms. The van der Waals surface area contributed by atoms with Gasteiger partial charge in [0.05, 0.1) is 18.4 Å². The molecule has 1 N–H and O–H groups in total. The molecule has 0 unspecified atom stereocenters. The van der Waals surface area contributed by atoms with Crippen LogP contribution in [-0.2, 0) is 17.9 Å². The van der Waals surface area contributed by atoms with Crippen LogP contribution in [0.1, 0.15) is 5.56 Å². The summed E-state index contributed by atoms with van der Waals surface area (Å²) in [6.45, 7) is 0.128. The minimum atomic E-state index is -0.450. The number of rotatable bonds is 6. The minimum absolute atomic E-state index is 0.230. The van der Waals surface area contributed by atoms with Crippen molar-refractivity contribution >= 4 is 46.0 Å². The lowest BCUT2D eigenvalue weighted by Gasteiger charge is -2.07. The molecule has 0 aliphatic carbocycles. The van der Waals surface area contributed by atoms with Crippen LogP contribution in [0.25, 0.3) is 16.7 Å². The molecular formula is C23H16Cl2FN7O2. The molecular weight excluding hydrogens is 496 g/mol. The van der Waals surface area contributed by atoms with E-state index >= 15 is 0 Å². The van der Waals surface area contributed by atoms with Crippen LogP contribution < -0.4 is 10.9 Å². The van der Waals surface area contributed by atoms with Crippen LogP contribution in [0.2, 0.25) is 10.0 Å². The van der Waals surface area contributed by atoms with Crippen LogP contribution in [0.3, 0.4) is 0 Å². The van der Waals surface area contributed by atoms with Gasteiger partial charge in [-0.1, -0.05) is 29.3 Å². The molecule has 12 heteroatoms. The fourth-order valence-electron chi connectivity index (χ4n) is 3.51. The van der Waals surface area contributed by atoms with Crippen molar-refractivity contribution in [3.63, 3.8) is 0 Å². The first-order valence-electron chi connectivity index (χ1n) is 10.3. The summed E-state index contributed by atoms with van der Waals surface area (Å²) in [5, 5.41) is 12.4. The van der Waals surface area contributed by atoms with Gasteiger partial charge < -0.3 is 5.32 Å². The van der Waals surface area contributed by atoms with Gasteiger partial charge in [0.2, 0.25) is 5.91 Å². The maximum absolute atomic E-state index is 13.2. The zero-order valence-corrected chi connectivity index (χ0v) is 19.4. The molecule has 0 spiro atoms. The van der Waals surface area contributed by atoms with Crippen LogP contribution >= 0.6 is 23.2 Å². The first-order chi connectivity index (χ1) is 16.9. The highest BCUT2D eigenvalue weighted by Gasteiger charge is 2.14. The highest BCUT2D eigenvalue weighted by Crippen LogP contribution is 2.22. The SMILES string of the molecule is O=C(Cn1cnc2c(cnn2-c2ccc(F)cc2)c1=O)Nc1ccn(Cc2ccc(Cl)cc2Cl)n1. The van der Waals surface area contributed by atoms with Gasteiger partial charge >= 0.3 is 0 Å². The summed E-state index contributed by atoms with van der Waals surface area (Å²) in [7, 11) is 0. The van der Waals surface area contributed by atoms with Gasteiger partial charge in [0.15, 0.2) is 11.5 Å². The average molecular weight is 512 g/mol. The summed E-state index contributed by atoms with van der Waals surface area (Å²) in [6.07, 6.45) is 4.34. The molecule has 3 heterocycles. The topological polar surface area (TPSA) is 99.6 Å². The molecule has 176 valence electrons. The van der Waals surface area contributed by atoms with Crippen molar-refractivity contribution in [1.29, 1.82) is 0 Å². The maximum atomic E-state index is 13.2. The number of amides is 1. The van der Waals surface area contributed by atoms with Crippen molar-refractivity contribution < 1.29 is 9.18 Å². The van der Waals surface area contributed by atoms with Crippen LogP contribution in [0.15, 0.2) is 72.0 Å². The molecule has 0 saturated heterocycles. The molecule has 0 atom stereocenters. The second kappa shape index (κ2) is 9.32. The Labute approximate surface area is 207 Å². The lowest BCUT2D eigenvalue weighted by Crippen LogP contribution is -2.28. The van der Waals surface area contributed by atoms with Crippen molar-refractivity contribution in [2.24, 2.45) is 0 Å². The average Bonchev–Trinajstić information content (AvgIpc) is 3.45. The summed E-state index contributed by atoms with van der Waals surface area (Å²) in [6, 6.07) is 12.5. The molecule has 0 saturated carbocycles. The fourth-order valence-corrected chi connectivity index (χ4v) is 3.98. The summed E-state index contributed by atoms with van der Waals surface area (Å²) < 4.78 is 17.4. The van der Waals surface area contributed by atoms with Crippen molar-refractivity contribution in [2.75, 3.05) is 5.32 Å². The van der Waals surface area contributed by atoms with E-state index in [1.54, 1.807) is 35.1 Å². The van der Waals surface area contributed by atoms with E-state index in [4.69, 9.17) is 23.2 Å². The number of aromatic nitrogens is 6. The molecule has 0 radical (unpaired) electrons. The Morgan fingerprint density at radius 1 is 1.09 bits per heavy atom. The lowest BCUT2D eigenvalue weighted by molar-refractivity contribution is -0.116. The van der Waals surface area contributed by atoms with Crippen LogP contribution in [0.5, 0.6) is 0 Å². The number of hydrogen-bond donors (Lipinski definition) is 1. The molecule has 0 fully saturated rings. The zero-order valence-electron chi connectivity index (χ0n) is 17.9. The van der Waals surface area contributed by atoms with Gasteiger partial charge in [-0.15, -0.1) is 0 Å². The monoisotopic (exact) mass is 511 g/mol. The van der Waals surface area contributed by atoms with Crippen LogP contribution in [0, 0.1) is 5.82 Å². The third kappa shape index (κ3) is 4.79. The van der Waals surface area contributed by atoms with E-state index in [1.165, 1.54) is 46.0 Å². The van der Waals surface area contributed by atoms with E-state index < -0.39 is 11.5 Å². The Hall–Kier alpha value is -4.02. The van der Waals surface area contributed by atoms with Gasteiger partial charge in [-0.25, -0.2) is 14.1 Å². The largest absolute Gasteiger partial charge is 0.308 e. The quantitative estimate of drug-likeness (QED) is 0.372. The molecule has 0 aliphatic rings. The van der Waals surface area contributed by atoms with E-state index in [9.17, 15) is 14.0 Å². The number of benzene rings is 2. The number of hydrogen-bond acceptors (Lipinski definition) is 5. The first kappa shape index (κ1) is 22.8. The fraction of sp³-hybridized carbons (Fsp3) is 0.0870. The number of nitrogens with zero attached hydrogens (tertiary/aromatic N) is 6. The van der Waals surface area contributed by atoms with Crippen LogP contribution in [-0.4, -0.2) is 35.0 Å². The molecule has 2 aromatic carbocycles. The molecule has 0 bridgehead atoms. The number of carbonyl (C=O) groups is 1. The predicted molar refractivity (Wildman–Crippen MR) is 130 cm³/mol. The number of halogens is 3. The highest BCUT2D eigenvalue weighted by atomic mass is 35.5. The third-order valence-electron chi connectivity index (χ3n) is 5.20. The van der Waals surface area contributed by atoms with Crippen molar-refractivity contribution in [3.8, 4) is 5.69 Å². The number of carbonyl (C=O) groups excluding carboxylic acids is 1. The van der Waals surface area contributed by atoms with Gasteiger partial charge in [-0.2, -0.15) is 10.2 Å². The smallest absolute Gasteiger partial charge is 0.264 e. The highest BCUT2D eigenvalue weighted by molar-refractivity contribution is 6.35. The van der Waals surface area contributed by atoms with Crippen LogP contribution in [0.4, 0.5) is 10.2 Å². The lowest BCUT2D eigenvalue weighted by atomic mass is 10.2. The zero-order chi connectivity index (χ0) is 24.5. The molecule has 1 amide bonds. The third-order valence-corrected chi connectivity index (χ3v) is 5.78. The normalized spacial score (nSPS) is 11.2. The maximum Gasteiger partial charge on any atom is 0.264 e. The minimum Gasteiger partial charge on any atom is -0.308 e. The van der Waals surface area contributed by atoms with E-state index in [0.29, 0.717) is 33.7 Å². The molecule has 9 nitrogen and oxygen atoms in total. The van der Waals surface area contributed by atoms with Gasteiger partial charge in [-0.3, -0.25) is 18.8 Å². The number of fused-ring (bicyclic) bond motifs is 1. The van der Waals surface area contributed by atoms with Gasteiger partial charge in [-0.05, 0) is 42.0 Å². The molecule has 5 rings (SSSR count). The number of anilines is 1. The summed E-state index contributed by atoms with van der Waals surface area (Å²) in [5.74, 6) is -0.509. The Kier molecular flexibility index (Phi) is 6.06. The molecule has 0 aliphatic heterocycles. The molecule has 3 aromatic heterocycles. The van der Waals surface area contributed by atoms with Crippen molar-refractivity contribution in [2.45, 2.75) is 13.1 Å². The summed E-state index contributed by atoms with van der Waals surface area (Å²) in [4.78, 5) is 29.7. The van der Waals surface area contributed by atoms with E-state index in [-0.39, 0.29) is 17.7 Å². The molecule has 5 aromatic rings.